The van der Waals surface area contributed by atoms with Gasteiger partial charge in [-0.05, 0) is 30.2 Å². The van der Waals surface area contributed by atoms with Crippen molar-refractivity contribution >= 4 is 10.9 Å². The molecule has 0 amide bonds. The van der Waals surface area contributed by atoms with Gasteiger partial charge in [0.15, 0.2) is 0 Å². The van der Waals surface area contributed by atoms with Crippen LogP contribution in [0.2, 0.25) is 0 Å². The first-order valence-corrected chi connectivity index (χ1v) is 3.99. The number of benzene rings is 1. The average molecular weight is 161 g/mol. The van der Waals surface area contributed by atoms with Crippen LogP contribution in [-0.4, -0.2) is 10.1 Å². The van der Waals surface area contributed by atoms with E-state index in [0.29, 0.717) is 0 Å². The van der Waals surface area contributed by atoms with Crippen LogP contribution in [0.1, 0.15) is 11.1 Å². The van der Waals surface area contributed by atoms with Crippen LogP contribution in [0.4, 0.5) is 0 Å². The first-order chi connectivity index (χ1) is 5.81. The Morgan fingerprint density at radius 3 is 3.00 bits per heavy atom. The first kappa shape index (κ1) is 7.37. The van der Waals surface area contributed by atoms with E-state index in [-0.39, 0.29) is 6.61 Å². The first-order valence-electron chi connectivity index (χ1n) is 3.99. The van der Waals surface area contributed by atoms with Crippen molar-refractivity contribution in [3.8, 4) is 0 Å². The number of hydrogen-bond acceptors (Lipinski definition) is 1. The quantitative estimate of drug-likeness (QED) is 0.659. The van der Waals surface area contributed by atoms with Gasteiger partial charge < -0.3 is 10.1 Å². The lowest BCUT2D eigenvalue weighted by molar-refractivity contribution is 0.282. The summed E-state index contributed by atoms with van der Waals surface area (Å²) in [6, 6.07) is 6.03. The highest BCUT2D eigenvalue weighted by atomic mass is 16.3. The van der Waals surface area contributed by atoms with Crippen LogP contribution >= 0.6 is 0 Å². The number of fused-ring (bicyclic) bond motifs is 1. The molecule has 0 fully saturated rings. The van der Waals surface area contributed by atoms with Crippen LogP contribution in [0, 0.1) is 6.92 Å². The summed E-state index contributed by atoms with van der Waals surface area (Å²) in [6.07, 6.45) is 1.92. The van der Waals surface area contributed by atoms with Crippen molar-refractivity contribution in [1.82, 2.24) is 4.98 Å². The molecule has 1 aromatic heterocycles. The molecule has 2 rings (SSSR count). The van der Waals surface area contributed by atoms with Gasteiger partial charge in [0.2, 0.25) is 0 Å². The number of aliphatic hydroxyl groups is 1. The highest BCUT2D eigenvalue weighted by molar-refractivity contribution is 5.83. The van der Waals surface area contributed by atoms with E-state index < -0.39 is 0 Å². The highest BCUT2D eigenvalue weighted by Crippen LogP contribution is 2.18. The normalized spacial score (nSPS) is 10.8. The second kappa shape index (κ2) is 2.64. The maximum atomic E-state index is 8.95. The molecule has 0 unspecified atom stereocenters. The maximum Gasteiger partial charge on any atom is 0.0682 e. The van der Waals surface area contributed by atoms with Gasteiger partial charge in [-0.15, -0.1) is 0 Å². The molecule has 0 radical (unpaired) electrons. The van der Waals surface area contributed by atoms with E-state index in [1.807, 2.05) is 24.4 Å². The molecule has 0 bridgehead atoms. The number of hydrogen-bond donors (Lipinski definition) is 2. The number of aromatic nitrogens is 1. The Morgan fingerprint density at radius 2 is 2.25 bits per heavy atom. The Balaban J connectivity index is 2.75. The molecule has 2 aromatic rings. The zero-order valence-electron chi connectivity index (χ0n) is 6.96. The lowest BCUT2D eigenvalue weighted by Crippen LogP contribution is -1.84. The van der Waals surface area contributed by atoms with Gasteiger partial charge in [0.1, 0.15) is 0 Å². The molecule has 0 aliphatic heterocycles. The third-order valence-corrected chi connectivity index (χ3v) is 2.12. The summed E-state index contributed by atoms with van der Waals surface area (Å²) >= 11 is 0. The SMILES string of the molecule is Cc1cc(CO)cc2[nH]ccc12. The van der Waals surface area contributed by atoms with Crippen LogP contribution in [0.25, 0.3) is 10.9 Å². The number of aliphatic hydroxyl groups excluding tert-OH is 1. The van der Waals surface area contributed by atoms with Gasteiger partial charge in [0, 0.05) is 17.1 Å². The highest BCUT2D eigenvalue weighted by Gasteiger charge is 1.99. The predicted molar refractivity (Wildman–Crippen MR) is 49.0 cm³/mol. The van der Waals surface area contributed by atoms with Gasteiger partial charge in [-0.1, -0.05) is 6.07 Å². The Hall–Kier alpha value is -1.28. The Labute approximate surface area is 70.8 Å². The smallest absolute Gasteiger partial charge is 0.0682 e. The van der Waals surface area contributed by atoms with Gasteiger partial charge in [0.05, 0.1) is 6.61 Å². The van der Waals surface area contributed by atoms with Crippen molar-refractivity contribution in [3.05, 3.63) is 35.5 Å². The van der Waals surface area contributed by atoms with E-state index in [1.165, 1.54) is 10.9 Å². The van der Waals surface area contributed by atoms with Crippen molar-refractivity contribution in [2.24, 2.45) is 0 Å². The molecule has 0 saturated heterocycles. The molecule has 0 aliphatic rings. The van der Waals surface area contributed by atoms with E-state index in [9.17, 15) is 0 Å². The molecular formula is C10H11NO. The van der Waals surface area contributed by atoms with Crippen LogP contribution in [0.3, 0.4) is 0 Å². The fraction of sp³-hybridized carbons (Fsp3) is 0.200. The Bertz CT molecular complexity index is 403. The number of nitrogens with one attached hydrogen (secondary N) is 1. The summed E-state index contributed by atoms with van der Waals surface area (Å²) in [6.45, 7) is 2.16. The third kappa shape index (κ3) is 1.01. The molecule has 1 heterocycles. The van der Waals surface area contributed by atoms with Crippen molar-refractivity contribution in [2.75, 3.05) is 0 Å². The second-order valence-electron chi connectivity index (χ2n) is 3.01. The standard InChI is InChI=1S/C10H11NO/c1-7-4-8(6-12)5-10-9(7)2-3-11-10/h2-5,11-12H,6H2,1H3. The van der Waals surface area contributed by atoms with Crippen LogP contribution in [0.5, 0.6) is 0 Å². The predicted octanol–water partition coefficient (Wildman–Crippen LogP) is 1.97. The molecule has 2 N–H and O–H groups in total. The second-order valence-corrected chi connectivity index (χ2v) is 3.01. The van der Waals surface area contributed by atoms with Gasteiger partial charge in [-0.2, -0.15) is 0 Å². The van der Waals surface area contributed by atoms with Crippen LogP contribution in [0.15, 0.2) is 24.4 Å². The van der Waals surface area contributed by atoms with E-state index in [1.54, 1.807) is 0 Å². The lowest BCUT2D eigenvalue weighted by Gasteiger charge is -2.00. The zero-order valence-corrected chi connectivity index (χ0v) is 6.96. The van der Waals surface area contributed by atoms with Crippen LogP contribution < -0.4 is 0 Å². The third-order valence-electron chi connectivity index (χ3n) is 2.12. The molecule has 2 heteroatoms. The molecule has 0 atom stereocenters. The molecule has 1 aromatic carbocycles. The summed E-state index contributed by atoms with van der Waals surface area (Å²) in [7, 11) is 0. The number of aromatic amines is 1. The van der Waals surface area contributed by atoms with Gasteiger partial charge in [0.25, 0.3) is 0 Å². The molecule has 2 nitrogen and oxygen atoms in total. The van der Waals surface area contributed by atoms with Crippen molar-refractivity contribution in [2.45, 2.75) is 13.5 Å². The Kier molecular flexibility index (Phi) is 1.62. The Morgan fingerprint density at radius 1 is 1.42 bits per heavy atom. The minimum absolute atomic E-state index is 0.107. The molecular weight excluding hydrogens is 150 g/mol. The van der Waals surface area contributed by atoms with Gasteiger partial charge in [-0.25, -0.2) is 0 Å². The topological polar surface area (TPSA) is 36.0 Å². The average Bonchev–Trinajstić information content (AvgIpc) is 2.52. The summed E-state index contributed by atoms with van der Waals surface area (Å²) in [4.78, 5) is 3.12. The van der Waals surface area contributed by atoms with E-state index in [4.69, 9.17) is 5.11 Å². The maximum absolute atomic E-state index is 8.95. The molecule has 62 valence electrons. The van der Waals surface area contributed by atoms with Gasteiger partial charge in [-0.3, -0.25) is 0 Å². The van der Waals surface area contributed by atoms with Crippen molar-refractivity contribution in [3.63, 3.8) is 0 Å². The van der Waals surface area contributed by atoms with Gasteiger partial charge >= 0.3 is 0 Å². The largest absolute Gasteiger partial charge is 0.392 e. The summed E-state index contributed by atoms with van der Waals surface area (Å²) < 4.78 is 0. The lowest BCUT2D eigenvalue weighted by atomic mass is 10.1. The molecule has 0 aliphatic carbocycles. The monoisotopic (exact) mass is 161 g/mol. The fourth-order valence-electron chi connectivity index (χ4n) is 1.52. The van der Waals surface area contributed by atoms with Crippen LogP contribution in [-0.2, 0) is 6.61 Å². The number of H-pyrrole nitrogens is 1. The number of aryl methyl sites for hydroxylation is 1. The van der Waals surface area contributed by atoms with E-state index in [0.717, 1.165) is 11.1 Å². The summed E-state index contributed by atoms with van der Waals surface area (Å²) in [5.41, 5.74) is 3.26. The summed E-state index contributed by atoms with van der Waals surface area (Å²) in [5, 5.41) is 10.2. The molecule has 0 saturated carbocycles. The van der Waals surface area contributed by atoms with Crippen molar-refractivity contribution in [1.29, 1.82) is 0 Å². The van der Waals surface area contributed by atoms with Crippen molar-refractivity contribution < 1.29 is 5.11 Å². The van der Waals surface area contributed by atoms with E-state index >= 15 is 0 Å². The summed E-state index contributed by atoms with van der Waals surface area (Å²) in [5.74, 6) is 0. The van der Waals surface area contributed by atoms with E-state index in [2.05, 4.69) is 11.9 Å². The molecule has 0 spiro atoms. The molecule has 12 heavy (non-hydrogen) atoms. The zero-order chi connectivity index (χ0) is 8.55. The fourth-order valence-corrected chi connectivity index (χ4v) is 1.52. The number of rotatable bonds is 1. The minimum atomic E-state index is 0.107. The minimum Gasteiger partial charge on any atom is -0.392 e.